The molecule has 90 valence electrons. The highest BCUT2D eigenvalue weighted by Crippen LogP contribution is 2.16. The molecule has 0 radical (unpaired) electrons. The summed E-state index contributed by atoms with van der Waals surface area (Å²) in [7, 11) is -3.55. The molecule has 0 saturated carbocycles. The van der Waals surface area contributed by atoms with E-state index in [2.05, 4.69) is 20.7 Å². The van der Waals surface area contributed by atoms with Gasteiger partial charge >= 0.3 is 0 Å². The molecule has 0 bridgehead atoms. The fourth-order valence-corrected chi connectivity index (χ4v) is 2.95. The number of alkyl halides is 1. The van der Waals surface area contributed by atoms with Crippen molar-refractivity contribution in [3.05, 3.63) is 29.6 Å². The van der Waals surface area contributed by atoms with Gasteiger partial charge in [0, 0.05) is 11.4 Å². The van der Waals surface area contributed by atoms with E-state index in [9.17, 15) is 12.8 Å². The lowest BCUT2D eigenvalue weighted by Crippen LogP contribution is -2.29. The van der Waals surface area contributed by atoms with E-state index in [1.54, 1.807) is 6.92 Å². The molecule has 0 spiro atoms. The maximum absolute atomic E-state index is 12.8. The molecule has 0 amide bonds. The average molecular weight is 310 g/mol. The highest BCUT2D eigenvalue weighted by atomic mass is 79.9. The number of halogens is 2. The molecule has 0 aliphatic rings. The molecule has 1 N–H and O–H groups in total. The molecule has 0 heterocycles. The van der Waals surface area contributed by atoms with Gasteiger partial charge < -0.3 is 0 Å². The summed E-state index contributed by atoms with van der Waals surface area (Å²) in [6.07, 6.45) is 0. The Labute approximate surface area is 103 Å². The minimum absolute atomic E-state index is 0.0445. The SMILES string of the molecule is Cc1cc(F)ccc1S(=O)(=O)NCC(C)Br. The first-order valence-electron chi connectivity index (χ1n) is 4.73. The molecule has 3 nitrogen and oxygen atoms in total. The summed E-state index contributed by atoms with van der Waals surface area (Å²) >= 11 is 3.24. The van der Waals surface area contributed by atoms with E-state index in [1.807, 2.05) is 6.92 Å². The van der Waals surface area contributed by atoms with Crippen LogP contribution in [0.4, 0.5) is 4.39 Å². The number of hydrogen-bond donors (Lipinski definition) is 1. The predicted octanol–water partition coefficient (Wildman–Crippen LogP) is 2.20. The van der Waals surface area contributed by atoms with Crippen molar-refractivity contribution in [1.82, 2.24) is 4.72 Å². The molecule has 6 heteroatoms. The predicted molar refractivity (Wildman–Crippen MR) is 64.7 cm³/mol. The van der Waals surface area contributed by atoms with Gasteiger partial charge in [0.2, 0.25) is 10.0 Å². The molecule has 1 aromatic rings. The lowest BCUT2D eigenvalue weighted by atomic mass is 10.2. The van der Waals surface area contributed by atoms with Crippen LogP contribution >= 0.6 is 15.9 Å². The van der Waals surface area contributed by atoms with Crippen LogP contribution < -0.4 is 4.72 Å². The maximum atomic E-state index is 12.8. The van der Waals surface area contributed by atoms with Crippen molar-refractivity contribution in [2.45, 2.75) is 23.6 Å². The van der Waals surface area contributed by atoms with E-state index in [0.29, 0.717) is 12.1 Å². The molecule has 1 unspecified atom stereocenters. The fraction of sp³-hybridized carbons (Fsp3) is 0.400. The smallest absolute Gasteiger partial charge is 0.210 e. The second-order valence-corrected chi connectivity index (χ2v) is 6.84. The Morgan fingerprint density at radius 2 is 2.12 bits per heavy atom. The van der Waals surface area contributed by atoms with Gasteiger partial charge in [-0.2, -0.15) is 0 Å². The van der Waals surface area contributed by atoms with Crippen LogP contribution in [-0.2, 0) is 10.0 Å². The lowest BCUT2D eigenvalue weighted by molar-refractivity contribution is 0.580. The van der Waals surface area contributed by atoms with Crippen LogP contribution in [0.1, 0.15) is 12.5 Å². The van der Waals surface area contributed by atoms with E-state index in [0.717, 1.165) is 6.07 Å². The zero-order valence-corrected chi connectivity index (χ0v) is 11.4. The molecule has 0 saturated heterocycles. The van der Waals surface area contributed by atoms with Gasteiger partial charge in [-0.05, 0) is 30.7 Å². The summed E-state index contributed by atoms with van der Waals surface area (Å²) < 4.78 is 38.9. The van der Waals surface area contributed by atoms with Gasteiger partial charge in [-0.25, -0.2) is 17.5 Å². The largest absolute Gasteiger partial charge is 0.240 e. The summed E-state index contributed by atoms with van der Waals surface area (Å²) in [6, 6.07) is 3.61. The summed E-state index contributed by atoms with van der Waals surface area (Å²) in [4.78, 5) is 0.157. The molecule has 1 atom stereocenters. The average Bonchev–Trinajstić information content (AvgIpc) is 2.14. The number of hydrogen-bond acceptors (Lipinski definition) is 2. The van der Waals surface area contributed by atoms with Crippen molar-refractivity contribution in [2.75, 3.05) is 6.54 Å². The molecule has 1 rings (SSSR count). The first-order chi connectivity index (χ1) is 7.33. The Bertz CT molecular complexity index is 474. The van der Waals surface area contributed by atoms with Crippen LogP contribution in [-0.4, -0.2) is 19.8 Å². The summed E-state index contributed by atoms with van der Waals surface area (Å²) in [5.74, 6) is -0.440. The fourth-order valence-electron chi connectivity index (χ4n) is 1.22. The third-order valence-corrected chi connectivity index (χ3v) is 3.89. The first kappa shape index (κ1) is 13.6. The van der Waals surface area contributed by atoms with Crippen molar-refractivity contribution in [3.63, 3.8) is 0 Å². The Kier molecular flexibility index (Phi) is 4.46. The van der Waals surface area contributed by atoms with Gasteiger partial charge in [-0.3, -0.25) is 0 Å². The Morgan fingerprint density at radius 1 is 1.50 bits per heavy atom. The third-order valence-electron chi connectivity index (χ3n) is 1.98. The number of nitrogens with one attached hydrogen (secondary N) is 1. The maximum Gasteiger partial charge on any atom is 0.240 e. The standard InChI is InChI=1S/C10H13BrFNO2S/c1-7-5-9(12)3-4-10(7)16(14,15)13-6-8(2)11/h3-5,8,13H,6H2,1-2H3. The van der Waals surface area contributed by atoms with Gasteiger partial charge in [0.1, 0.15) is 5.82 Å². The van der Waals surface area contributed by atoms with Crippen molar-refractivity contribution >= 4 is 26.0 Å². The molecule has 0 aromatic heterocycles. The number of rotatable bonds is 4. The second-order valence-electron chi connectivity index (χ2n) is 3.54. The van der Waals surface area contributed by atoms with E-state index in [4.69, 9.17) is 0 Å². The van der Waals surface area contributed by atoms with E-state index in [1.165, 1.54) is 12.1 Å². The van der Waals surface area contributed by atoms with E-state index < -0.39 is 15.8 Å². The van der Waals surface area contributed by atoms with E-state index >= 15 is 0 Å². The molecule has 0 aliphatic heterocycles. The Balaban J connectivity index is 2.99. The van der Waals surface area contributed by atoms with Gasteiger partial charge in [0.15, 0.2) is 0 Å². The highest BCUT2D eigenvalue weighted by Gasteiger charge is 2.17. The first-order valence-corrected chi connectivity index (χ1v) is 7.12. The molecule has 1 aromatic carbocycles. The van der Waals surface area contributed by atoms with Crippen LogP contribution in [0, 0.1) is 12.7 Å². The molecule has 0 aliphatic carbocycles. The normalized spacial score (nSPS) is 13.8. The topological polar surface area (TPSA) is 46.2 Å². The zero-order chi connectivity index (χ0) is 12.3. The highest BCUT2D eigenvalue weighted by molar-refractivity contribution is 9.09. The van der Waals surface area contributed by atoms with Crippen LogP contribution in [0.3, 0.4) is 0 Å². The quantitative estimate of drug-likeness (QED) is 0.867. The Morgan fingerprint density at radius 3 is 2.62 bits per heavy atom. The van der Waals surface area contributed by atoms with Crippen molar-refractivity contribution in [3.8, 4) is 0 Å². The molecule has 0 fully saturated rings. The Hall–Kier alpha value is -0.460. The van der Waals surface area contributed by atoms with Crippen LogP contribution in [0.15, 0.2) is 23.1 Å². The minimum Gasteiger partial charge on any atom is -0.210 e. The minimum atomic E-state index is -3.55. The van der Waals surface area contributed by atoms with Crippen LogP contribution in [0.25, 0.3) is 0 Å². The van der Waals surface area contributed by atoms with Gasteiger partial charge in [-0.15, -0.1) is 0 Å². The third kappa shape index (κ3) is 3.54. The van der Waals surface area contributed by atoms with Gasteiger partial charge in [-0.1, -0.05) is 22.9 Å². The van der Waals surface area contributed by atoms with Crippen molar-refractivity contribution in [2.24, 2.45) is 0 Å². The van der Waals surface area contributed by atoms with Crippen molar-refractivity contribution in [1.29, 1.82) is 0 Å². The monoisotopic (exact) mass is 309 g/mol. The van der Waals surface area contributed by atoms with E-state index in [-0.39, 0.29) is 9.72 Å². The van der Waals surface area contributed by atoms with Crippen LogP contribution in [0.2, 0.25) is 0 Å². The number of benzene rings is 1. The number of sulfonamides is 1. The summed E-state index contributed by atoms with van der Waals surface area (Å²) in [5, 5.41) is 0. The molecular formula is C10H13BrFNO2S. The second kappa shape index (κ2) is 5.25. The van der Waals surface area contributed by atoms with Crippen molar-refractivity contribution < 1.29 is 12.8 Å². The molecule has 16 heavy (non-hydrogen) atoms. The lowest BCUT2D eigenvalue weighted by Gasteiger charge is -2.10. The van der Waals surface area contributed by atoms with Gasteiger partial charge in [0.05, 0.1) is 4.90 Å². The summed E-state index contributed by atoms with van der Waals surface area (Å²) in [6.45, 7) is 3.69. The van der Waals surface area contributed by atoms with Crippen LogP contribution in [0.5, 0.6) is 0 Å². The molecular weight excluding hydrogens is 297 g/mol. The number of aryl methyl sites for hydroxylation is 1. The van der Waals surface area contributed by atoms with Gasteiger partial charge in [0.25, 0.3) is 0 Å². The zero-order valence-electron chi connectivity index (χ0n) is 9.00. The summed E-state index contributed by atoms with van der Waals surface area (Å²) in [5.41, 5.74) is 0.398.